The highest BCUT2D eigenvalue weighted by atomic mass is 16.5. The van der Waals surface area contributed by atoms with Crippen molar-refractivity contribution in [2.45, 2.75) is 64.3 Å². The Morgan fingerprint density at radius 3 is 2.30 bits per heavy atom. The van der Waals surface area contributed by atoms with Gasteiger partial charge >= 0.3 is 0 Å². The zero-order valence-electron chi connectivity index (χ0n) is 13.1. The van der Waals surface area contributed by atoms with E-state index in [-0.39, 0.29) is 6.42 Å². The third-order valence-electron chi connectivity index (χ3n) is 4.11. The predicted octanol–water partition coefficient (Wildman–Crippen LogP) is 3.37. The molecule has 0 amide bonds. The average molecular weight is 280 g/mol. The molecule has 3 nitrogen and oxygen atoms in total. The molecule has 1 aromatic rings. The highest BCUT2D eigenvalue weighted by Crippen LogP contribution is 2.29. The van der Waals surface area contributed by atoms with Crippen molar-refractivity contribution in [2.24, 2.45) is 0 Å². The molecule has 3 heteroatoms. The highest BCUT2D eigenvalue weighted by molar-refractivity contribution is 5.23. The van der Waals surface area contributed by atoms with Crippen molar-refractivity contribution in [1.29, 1.82) is 0 Å². The predicted molar refractivity (Wildman–Crippen MR) is 81.7 cm³/mol. The van der Waals surface area contributed by atoms with Gasteiger partial charge in [-0.1, -0.05) is 49.6 Å². The molecule has 3 unspecified atom stereocenters. The van der Waals surface area contributed by atoms with Gasteiger partial charge in [-0.05, 0) is 25.8 Å². The molecule has 0 aliphatic heterocycles. The van der Waals surface area contributed by atoms with Gasteiger partial charge < -0.3 is 14.9 Å². The quantitative estimate of drug-likeness (QED) is 0.767. The number of ether oxygens (including phenoxy) is 1. The van der Waals surface area contributed by atoms with Gasteiger partial charge in [-0.15, -0.1) is 0 Å². The van der Waals surface area contributed by atoms with E-state index in [1.165, 1.54) is 0 Å². The zero-order chi connectivity index (χ0) is 15.2. The molecule has 20 heavy (non-hydrogen) atoms. The van der Waals surface area contributed by atoms with Crippen LogP contribution in [-0.2, 0) is 4.74 Å². The number of aliphatic hydroxyl groups is 2. The Morgan fingerprint density at radius 2 is 1.80 bits per heavy atom. The molecule has 1 aromatic carbocycles. The number of methoxy groups -OCH3 is 1. The second-order valence-corrected chi connectivity index (χ2v) is 5.80. The van der Waals surface area contributed by atoms with E-state index in [1.807, 2.05) is 38.1 Å². The maximum atomic E-state index is 10.4. The summed E-state index contributed by atoms with van der Waals surface area (Å²) in [6.45, 7) is 6.04. The Balaban J connectivity index is 2.67. The fourth-order valence-electron chi connectivity index (χ4n) is 2.32. The summed E-state index contributed by atoms with van der Waals surface area (Å²) < 4.78 is 5.50. The first-order valence-electron chi connectivity index (χ1n) is 7.40. The van der Waals surface area contributed by atoms with Crippen LogP contribution in [0.15, 0.2) is 24.3 Å². The van der Waals surface area contributed by atoms with Crippen LogP contribution in [0.3, 0.4) is 0 Å². The second-order valence-electron chi connectivity index (χ2n) is 5.80. The van der Waals surface area contributed by atoms with Crippen LogP contribution >= 0.6 is 0 Å². The minimum atomic E-state index is -0.685. The normalized spacial score (nSPS) is 17.5. The maximum Gasteiger partial charge on any atom is 0.0909 e. The molecule has 0 heterocycles. The lowest BCUT2D eigenvalue weighted by Gasteiger charge is -2.34. The minimum absolute atomic E-state index is 0.289. The van der Waals surface area contributed by atoms with Crippen LogP contribution in [0.25, 0.3) is 0 Å². The molecule has 0 aromatic heterocycles. The summed E-state index contributed by atoms with van der Waals surface area (Å²) in [7, 11) is 1.62. The summed E-state index contributed by atoms with van der Waals surface area (Å²) in [6.07, 6.45) is 1.80. The van der Waals surface area contributed by atoms with Gasteiger partial charge in [0.15, 0.2) is 0 Å². The molecule has 0 fully saturated rings. The average Bonchev–Trinajstić information content (AvgIpc) is 2.45. The molecular formula is C17H28O3. The fourth-order valence-corrected chi connectivity index (χ4v) is 2.32. The molecule has 0 spiro atoms. The number of unbranched alkanes of at least 4 members (excludes halogenated alkanes) is 1. The number of hydrogen-bond acceptors (Lipinski definition) is 3. The van der Waals surface area contributed by atoms with Crippen molar-refractivity contribution < 1.29 is 14.9 Å². The van der Waals surface area contributed by atoms with Crippen LogP contribution in [0.5, 0.6) is 0 Å². The molecule has 1 rings (SSSR count). The van der Waals surface area contributed by atoms with Gasteiger partial charge in [0, 0.05) is 13.5 Å². The van der Waals surface area contributed by atoms with Gasteiger partial charge in [0.25, 0.3) is 0 Å². The Morgan fingerprint density at radius 1 is 1.20 bits per heavy atom. The first kappa shape index (κ1) is 17.2. The summed E-state index contributed by atoms with van der Waals surface area (Å²) in [4.78, 5) is 0. The second kappa shape index (κ2) is 7.77. The van der Waals surface area contributed by atoms with Crippen LogP contribution in [0, 0.1) is 6.92 Å². The first-order valence-corrected chi connectivity index (χ1v) is 7.40. The highest BCUT2D eigenvalue weighted by Gasteiger charge is 2.33. The van der Waals surface area contributed by atoms with Gasteiger partial charge in [-0.2, -0.15) is 0 Å². The van der Waals surface area contributed by atoms with E-state index in [2.05, 4.69) is 6.92 Å². The van der Waals surface area contributed by atoms with E-state index in [0.29, 0.717) is 0 Å². The van der Waals surface area contributed by atoms with Gasteiger partial charge in [0.1, 0.15) is 0 Å². The molecule has 0 bridgehead atoms. The first-order chi connectivity index (χ1) is 9.42. The van der Waals surface area contributed by atoms with E-state index < -0.39 is 17.8 Å². The number of benzene rings is 1. The van der Waals surface area contributed by atoms with Crippen LogP contribution < -0.4 is 0 Å². The summed E-state index contributed by atoms with van der Waals surface area (Å²) in [5, 5.41) is 20.6. The van der Waals surface area contributed by atoms with Crippen LogP contribution in [0.2, 0.25) is 0 Å². The molecule has 0 aliphatic carbocycles. The summed E-state index contributed by atoms with van der Waals surface area (Å²) >= 11 is 0. The minimum Gasteiger partial charge on any atom is -0.390 e. The lowest BCUT2D eigenvalue weighted by Crippen LogP contribution is -2.42. The summed E-state index contributed by atoms with van der Waals surface area (Å²) in [5.74, 6) is 0. The largest absolute Gasteiger partial charge is 0.390 e. The third-order valence-corrected chi connectivity index (χ3v) is 4.11. The van der Waals surface area contributed by atoms with E-state index in [9.17, 15) is 10.2 Å². The number of hydrogen-bond donors (Lipinski definition) is 2. The monoisotopic (exact) mass is 280 g/mol. The molecule has 2 N–H and O–H groups in total. The van der Waals surface area contributed by atoms with Gasteiger partial charge in [-0.25, -0.2) is 0 Å². The fraction of sp³-hybridized carbons (Fsp3) is 0.647. The van der Waals surface area contributed by atoms with Crippen molar-refractivity contribution in [3.05, 3.63) is 35.4 Å². The smallest absolute Gasteiger partial charge is 0.0909 e. The number of aliphatic hydroxyl groups excluding tert-OH is 2. The number of aryl methyl sites for hydroxylation is 1. The van der Waals surface area contributed by atoms with E-state index in [4.69, 9.17) is 4.74 Å². The summed E-state index contributed by atoms with van der Waals surface area (Å²) in [5.41, 5.74) is 1.40. The molecule has 0 radical (unpaired) electrons. The van der Waals surface area contributed by atoms with E-state index >= 15 is 0 Å². The van der Waals surface area contributed by atoms with Crippen molar-refractivity contribution in [2.75, 3.05) is 7.11 Å². The van der Waals surface area contributed by atoms with Crippen molar-refractivity contribution in [1.82, 2.24) is 0 Å². The lowest BCUT2D eigenvalue weighted by molar-refractivity contribution is -0.110. The molecule has 0 saturated heterocycles. The summed E-state index contributed by atoms with van der Waals surface area (Å²) in [6, 6.07) is 7.75. The van der Waals surface area contributed by atoms with Gasteiger partial charge in [-0.3, -0.25) is 0 Å². The molecule has 0 aliphatic rings. The van der Waals surface area contributed by atoms with E-state index in [1.54, 1.807) is 7.11 Å². The Kier molecular flexibility index (Phi) is 6.66. The van der Waals surface area contributed by atoms with Crippen molar-refractivity contribution in [3.8, 4) is 0 Å². The van der Waals surface area contributed by atoms with Gasteiger partial charge in [0.2, 0.25) is 0 Å². The van der Waals surface area contributed by atoms with Gasteiger partial charge in [0.05, 0.1) is 17.8 Å². The topological polar surface area (TPSA) is 49.7 Å². The van der Waals surface area contributed by atoms with Crippen molar-refractivity contribution in [3.63, 3.8) is 0 Å². The van der Waals surface area contributed by atoms with Crippen LogP contribution in [0.4, 0.5) is 0 Å². The maximum absolute atomic E-state index is 10.4. The zero-order valence-corrected chi connectivity index (χ0v) is 13.1. The van der Waals surface area contributed by atoms with E-state index in [0.717, 1.165) is 30.4 Å². The Labute approximate surface area is 122 Å². The Bertz CT molecular complexity index is 388. The van der Waals surface area contributed by atoms with Crippen molar-refractivity contribution >= 4 is 0 Å². The SMILES string of the molecule is CCCCC(C)(OC)C(O)CC(O)c1ccc(C)cc1. The Hall–Kier alpha value is -0.900. The molecule has 0 saturated carbocycles. The number of rotatable bonds is 8. The molecule has 3 atom stereocenters. The third kappa shape index (κ3) is 4.58. The molecular weight excluding hydrogens is 252 g/mol. The lowest BCUT2D eigenvalue weighted by atomic mass is 9.87. The molecule has 114 valence electrons. The van der Waals surface area contributed by atoms with Crippen LogP contribution in [-0.4, -0.2) is 29.0 Å². The standard InChI is InChI=1S/C17H28O3/c1-5-6-11-17(3,20-4)16(19)12-15(18)14-9-7-13(2)8-10-14/h7-10,15-16,18-19H,5-6,11-12H2,1-4H3. The van der Waals surface area contributed by atoms with Crippen LogP contribution in [0.1, 0.15) is 56.8 Å².